The predicted octanol–water partition coefficient (Wildman–Crippen LogP) is 11.1. The maximum atomic E-state index is 12.0. The normalized spacial score (nSPS) is 10.9. The molecule has 0 aliphatic heterocycles. The molecule has 11 heteroatoms. The zero-order valence-electron chi connectivity index (χ0n) is 32.5. The molecule has 0 aromatic heterocycles. The summed E-state index contributed by atoms with van der Waals surface area (Å²) in [7, 11) is 3.93. The minimum atomic E-state index is -1.06. The van der Waals surface area contributed by atoms with Crippen LogP contribution in [-0.2, 0) is 22.4 Å². The fraction of sp³-hybridized carbons (Fsp3) is 0.0816. The van der Waals surface area contributed by atoms with Crippen molar-refractivity contribution in [1.29, 1.82) is 5.26 Å². The third-order valence-corrected chi connectivity index (χ3v) is 11.0. The number of phenolic OH excluding ortho intramolecular Hbond substituents is 1. The third-order valence-electron chi connectivity index (χ3n) is 10.4. The lowest BCUT2D eigenvalue weighted by Crippen LogP contribution is -2.08. The van der Waals surface area contributed by atoms with Gasteiger partial charge in [0, 0.05) is 63.5 Å². The number of benzene rings is 7. The molecule has 7 aromatic carbocycles. The lowest BCUT2D eigenvalue weighted by molar-refractivity contribution is -0.137. The summed E-state index contributed by atoms with van der Waals surface area (Å²) in [5.74, 6) is -2.23. The molecule has 0 unspecified atom stereocenters. The van der Waals surface area contributed by atoms with Gasteiger partial charge in [-0.3, -0.25) is 9.59 Å². The van der Waals surface area contributed by atoms with E-state index < -0.39 is 11.9 Å². The average molecular weight is 834 g/mol. The van der Waals surface area contributed by atoms with Crippen molar-refractivity contribution in [2.75, 3.05) is 30.5 Å². The van der Waals surface area contributed by atoms with Gasteiger partial charge in [-0.05, 0) is 110 Å². The molecule has 0 saturated carbocycles. The van der Waals surface area contributed by atoms with E-state index in [1.165, 1.54) is 6.07 Å². The van der Waals surface area contributed by atoms with E-state index in [0.29, 0.717) is 77.1 Å². The van der Waals surface area contributed by atoms with E-state index >= 15 is 0 Å². The molecule has 0 amide bonds. The first-order chi connectivity index (χ1) is 28.7. The van der Waals surface area contributed by atoms with E-state index in [1.54, 1.807) is 42.5 Å². The summed E-state index contributed by atoms with van der Waals surface area (Å²) in [6.07, 6.45) is -0.643. The number of anilines is 3. The highest BCUT2D eigenvalue weighted by molar-refractivity contribution is 6.37. The van der Waals surface area contributed by atoms with E-state index in [4.69, 9.17) is 34.7 Å². The van der Waals surface area contributed by atoms with Gasteiger partial charge in [0.05, 0.1) is 24.5 Å². The monoisotopic (exact) mass is 832 g/mol. The smallest absolute Gasteiger partial charge is 0.307 e. The molecule has 0 radical (unpaired) electrons. The number of carboxylic acids is 2. The van der Waals surface area contributed by atoms with Crippen LogP contribution >= 0.6 is 23.2 Å². The number of phenols is 1. The maximum absolute atomic E-state index is 12.0. The number of carbonyl (C=O) groups is 2. The molecule has 0 heterocycles. The quantitative estimate of drug-likeness (QED) is 0.0795. The molecule has 0 aliphatic carbocycles. The lowest BCUT2D eigenvalue weighted by Gasteiger charge is -2.17. The fourth-order valence-electron chi connectivity index (χ4n) is 7.57. The minimum Gasteiger partial charge on any atom is -0.507 e. The summed E-state index contributed by atoms with van der Waals surface area (Å²) >= 11 is 13.8. The van der Waals surface area contributed by atoms with Gasteiger partial charge in [-0.25, -0.2) is 0 Å². The molecular formula is C49H38Cl2N4O5. The topological polar surface area (TPSA) is 174 Å². The first kappa shape index (κ1) is 40.9. The standard InChI is InChI=1S/C49H38Cl2N4O5/c1-55(2)36-7-3-5-30(19-36)49-43(53)22-34(23-44(49)54)38-13-9-27(17-35(38)26-52)28-10-15-39(41(50)20-28)40-16-11-29(21-42(40)51)37-14-12-32(18-33(37)25-47(59)60)48-31(24-46(57)58)6-4-8-45(48)56/h3-23,56H,24-25,53-54H2,1-2H3,(H,57,58)(H,59,60). The SMILES string of the molecule is CN(C)c1cccc(-c2c(N)cc(-c3ccc(-c4ccc(-c5ccc(-c6ccc(-c7c(O)cccc7CC(=O)O)cc6CC(=O)O)cc5Cl)c(Cl)c4)cc3C#N)cc2N)c1. The number of nitrogens with two attached hydrogens (primary N) is 2. The highest BCUT2D eigenvalue weighted by Gasteiger charge is 2.19. The van der Waals surface area contributed by atoms with Gasteiger partial charge in [-0.15, -0.1) is 0 Å². The number of halogens is 2. The Morgan fingerprint density at radius 2 is 1.12 bits per heavy atom. The zero-order valence-corrected chi connectivity index (χ0v) is 34.0. The molecule has 9 nitrogen and oxygen atoms in total. The number of nitrogen functional groups attached to an aromatic ring is 2. The van der Waals surface area contributed by atoms with Crippen molar-refractivity contribution >= 4 is 52.2 Å². The van der Waals surface area contributed by atoms with Crippen molar-refractivity contribution in [2.45, 2.75) is 12.8 Å². The molecule has 60 heavy (non-hydrogen) atoms. The average Bonchev–Trinajstić information content (AvgIpc) is 3.20. The summed E-state index contributed by atoms with van der Waals surface area (Å²) in [6.45, 7) is 0. The predicted molar refractivity (Wildman–Crippen MR) is 241 cm³/mol. The Kier molecular flexibility index (Phi) is 11.5. The second kappa shape index (κ2) is 16.9. The summed E-state index contributed by atoms with van der Waals surface area (Å²) in [6, 6.07) is 40.2. The van der Waals surface area contributed by atoms with E-state index in [9.17, 15) is 30.2 Å². The fourth-order valence-corrected chi connectivity index (χ4v) is 8.13. The molecule has 0 saturated heterocycles. The molecule has 0 spiro atoms. The number of nitriles is 1. The van der Waals surface area contributed by atoms with E-state index in [-0.39, 0.29) is 18.6 Å². The van der Waals surface area contributed by atoms with Crippen LogP contribution in [0, 0.1) is 11.3 Å². The van der Waals surface area contributed by atoms with Gasteiger partial charge >= 0.3 is 11.9 Å². The second-order valence-corrected chi connectivity index (χ2v) is 15.4. The number of aliphatic carboxylic acids is 2. The second-order valence-electron chi connectivity index (χ2n) is 14.6. The van der Waals surface area contributed by atoms with E-state index in [0.717, 1.165) is 33.5 Å². The van der Waals surface area contributed by atoms with Gasteiger partial charge in [0.15, 0.2) is 0 Å². The highest BCUT2D eigenvalue weighted by Crippen LogP contribution is 2.42. The highest BCUT2D eigenvalue weighted by atomic mass is 35.5. The molecule has 7 aromatic rings. The molecule has 7 rings (SSSR count). The van der Waals surface area contributed by atoms with Crippen LogP contribution in [0.15, 0.2) is 127 Å². The number of nitrogens with zero attached hydrogens (tertiary/aromatic N) is 2. The Bertz CT molecular complexity index is 2880. The molecule has 0 bridgehead atoms. The van der Waals surface area contributed by atoms with Gasteiger partial charge in [0.25, 0.3) is 0 Å². The number of rotatable bonds is 11. The van der Waals surface area contributed by atoms with Crippen LogP contribution in [0.4, 0.5) is 17.1 Å². The largest absolute Gasteiger partial charge is 0.507 e. The van der Waals surface area contributed by atoms with Crippen LogP contribution in [0.2, 0.25) is 10.0 Å². The van der Waals surface area contributed by atoms with Crippen LogP contribution in [0.3, 0.4) is 0 Å². The molecular weight excluding hydrogens is 795 g/mol. The van der Waals surface area contributed by atoms with Crippen LogP contribution in [0.1, 0.15) is 16.7 Å². The van der Waals surface area contributed by atoms with Gasteiger partial charge in [0.2, 0.25) is 0 Å². The number of hydrogen-bond acceptors (Lipinski definition) is 7. The van der Waals surface area contributed by atoms with Crippen LogP contribution in [0.25, 0.3) is 66.8 Å². The van der Waals surface area contributed by atoms with Crippen molar-refractivity contribution < 1.29 is 24.9 Å². The molecule has 0 atom stereocenters. The zero-order chi connectivity index (χ0) is 42.8. The van der Waals surface area contributed by atoms with E-state index in [2.05, 4.69) is 6.07 Å². The van der Waals surface area contributed by atoms with Crippen molar-refractivity contribution in [3.8, 4) is 78.6 Å². The van der Waals surface area contributed by atoms with Gasteiger partial charge < -0.3 is 31.7 Å². The van der Waals surface area contributed by atoms with E-state index in [1.807, 2.05) is 97.9 Å². The van der Waals surface area contributed by atoms with Crippen LogP contribution < -0.4 is 16.4 Å². The van der Waals surface area contributed by atoms with Crippen LogP contribution in [0.5, 0.6) is 5.75 Å². The maximum Gasteiger partial charge on any atom is 0.307 e. The molecule has 298 valence electrons. The van der Waals surface area contributed by atoms with Crippen molar-refractivity contribution in [1.82, 2.24) is 0 Å². The Morgan fingerprint density at radius 3 is 1.73 bits per heavy atom. The summed E-state index contributed by atoms with van der Waals surface area (Å²) in [5, 5.41) is 41.0. The minimum absolute atomic E-state index is 0.110. The van der Waals surface area contributed by atoms with Gasteiger partial charge in [-0.1, -0.05) is 96.0 Å². The number of carboxylic acid groups (broad SMARTS) is 2. The van der Waals surface area contributed by atoms with Gasteiger partial charge in [-0.2, -0.15) is 5.26 Å². The lowest BCUT2D eigenvalue weighted by atomic mass is 9.90. The van der Waals surface area contributed by atoms with Crippen LogP contribution in [-0.4, -0.2) is 41.4 Å². The molecule has 7 N–H and O–H groups in total. The van der Waals surface area contributed by atoms with Crippen molar-refractivity contribution in [3.05, 3.63) is 154 Å². The third kappa shape index (κ3) is 8.34. The summed E-state index contributed by atoms with van der Waals surface area (Å²) in [4.78, 5) is 25.5. The number of hydrogen-bond donors (Lipinski definition) is 5. The summed E-state index contributed by atoms with van der Waals surface area (Å²) < 4.78 is 0. The Morgan fingerprint density at radius 1 is 0.583 bits per heavy atom. The first-order valence-corrected chi connectivity index (χ1v) is 19.5. The molecule has 0 fully saturated rings. The van der Waals surface area contributed by atoms with Crippen molar-refractivity contribution in [3.63, 3.8) is 0 Å². The Labute approximate surface area is 356 Å². The Balaban J connectivity index is 1.17. The Hall–Kier alpha value is -7.25. The van der Waals surface area contributed by atoms with Gasteiger partial charge in [0.1, 0.15) is 5.75 Å². The number of aromatic hydroxyl groups is 1. The van der Waals surface area contributed by atoms with Crippen molar-refractivity contribution in [2.24, 2.45) is 0 Å². The first-order valence-electron chi connectivity index (χ1n) is 18.7. The summed E-state index contributed by atoms with van der Waals surface area (Å²) in [5.41, 5.74) is 24.5. The molecule has 0 aliphatic rings.